The number of hydrogen-bond acceptors (Lipinski definition) is 4. The second-order valence-electron chi connectivity index (χ2n) is 6.22. The van der Waals surface area contributed by atoms with E-state index >= 15 is 0 Å². The van der Waals surface area contributed by atoms with Crippen LogP contribution >= 0.6 is 11.6 Å². The molecule has 2 amide bonds. The van der Waals surface area contributed by atoms with E-state index in [4.69, 9.17) is 16.3 Å². The number of phenols is 1. The van der Waals surface area contributed by atoms with Crippen molar-refractivity contribution in [2.75, 3.05) is 32.8 Å². The Bertz CT molecular complexity index is 819. The summed E-state index contributed by atoms with van der Waals surface area (Å²) in [6.07, 6.45) is 0.215. The minimum Gasteiger partial charge on any atom is -0.504 e. The molecule has 1 N–H and O–H groups in total. The summed E-state index contributed by atoms with van der Waals surface area (Å²) in [6, 6.07) is 13.6. The fourth-order valence-electron chi connectivity index (χ4n) is 2.95. The first kappa shape index (κ1) is 19.0. The zero-order valence-corrected chi connectivity index (χ0v) is 15.6. The molecule has 1 heterocycles. The third kappa shape index (κ3) is 4.71. The van der Waals surface area contributed by atoms with Crippen LogP contribution in [0.4, 0.5) is 0 Å². The van der Waals surface area contributed by atoms with Gasteiger partial charge in [0.25, 0.3) is 5.91 Å². The third-order valence-electron chi connectivity index (χ3n) is 4.46. The summed E-state index contributed by atoms with van der Waals surface area (Å²) < 4.78 is 5.45. The summed E-state index contributed by atoms with van der Waals surface area (Å²) in [7, 11) is 0. The van der Waals surface area contributed by atoms with Crippen LogP contribution in [0.5, 0.6) is 11.5 Å². The Morgan fingerprint density at radius 1 is 0.963 bits per heavy atom. The lowest BCUT2D eigenvalue weighted by atomic mass is 10.1. The summed E-state index contributed by atoms with van der Waals surface area (Å²) >= 11 is 6.09. The highest BCUT2D eigenvalue weighted by Gasteiger charge is 2.25. The maximum absolute atomic E-state index is 12.6. The lowest BCUT2D eigenvalue weighted by Crippen LogP contribution is -2.50. The molecule has 1 fully saturated rings. The average molecular weight is 389 g/mol. The molecule has 0 radical (unpaired) electrons. The molecule has 1 aliphatic rings. The van der Waals surface area contributed by atoms with Gasteiger partial charge in [0.2, 0.25) is 5.91 Å². The van der Waals surface area contributed by atoms with Crippen LogP contribution in [0, 0.1) is 0 Å². The maximum atomic E-state index is 12.6. The number of para-hydroxylation sites is 2. The predicted molar refractivity (Wildman–Crippen MR) is 102 cm³/mol. The summed E-state index contributed by atoms with van der Waals surface area (Å²) in [5.74, 6) is 0.267. The van der Waals surface area contributed by atoms with E-state index in [0.29, 0.717) is 42.5 Å². The van der Waals surface area contributed by atoms with Crippen molar-refractivity contribution in [1.82, 2.24) is 9.80 Å². The number of rotatable bonds is 5. The molecule has 142 valence electrons. The molecule has 0 aromatic heterocycles. The molecule has 0 atom stereocenters. The van der Waals surface area contributed by atoms with Gasteiger partial charge in [-0.3, -0.25) is 9.59 Å². The van der Waals surface area contributed by atoms with Crippen molar-refractivity contribution in [3.63, 3.8) is 0 Å². The SMILES string of the molecule is O=C(CCOc1ccccc1O)N1CCN(C(=O)c2ccccc2Cl)CC1. The van der Waals surface area contributed by atoms with E-state index in [1.54, 1.807) is 52.3 Å². The van der Waals surface area contributed by atoms with Gasteiger partial charge < -0.3 is 19.6 Å². The number of nitrogens with zero attached hydrogens (tertiary/aromatic N) is 2. The van der Waals surface area contributed by atoms with Crippen molar-refractivity contribution >= 4 is 23.4 Å². The van der Waals surface area contributed by atoms with Gasteiger partial charge in [0, 0.05) is 26.2 Å². The summed E-state index contributed by atoms with van der Waals surface area (Å²) in [5, 5.41) is 10.1. The number of halogens is 1. The lowest BCUT2D eigenvalue weighted by molar-refractivity contribution is -0.133. The molecule has 3 rings (SSSR count). The molecule has 27 heavy (non-hydrogen) atoms. The molecule has 0 spiro atoms. The molecule has 6 nitrogen and oxygen atoms in total. The highest BCUT2D eigenvalue weighted by atomic mass is 35.5. The van der Waals surface area contributed by atoms with Crippen molar-refractivity contribution in [1.29, 1.82) is 0 Å². The Balaban J connectivity index is 1.46. The molecule has 1 saturated heterocycles. The fourth-order valence-corrected chi connectivity index (χ4v) is 3.17. The third-order valence-corrected chi connectivity index (χ3v) is 4.79. The molecule has 0 bridgehead atoms. The van der Waals surface area contributed by atoms with E-state index < -0.39 is 0 Å². The molecule has 1 aliphatic heterocycles. The van der Waals surface area contributed by atoms with Crippen LogP contribution < -0.4 is 4.74 Å². The Hall–Kier alpha value is -2.73. The van der Waals surface area contributed by atoms with Crippen molar-refractivity contribution in [2.24, 2.45) is 0 Å². The molecular formula is C20H21ClN2O4. The summed E-state index contributed by atoms with van der Waals surface area (Å²) in [6.45, 7) is 2.08. The number of phenolic OH excluding ortho intramolecular Hbond substituents is 1. The Kier molecular flexibility index (Phi) is 6.19. The Labute approximate surface area is 162 Å². The van der Waals surface area contributed by atoms with Gasteiger partial charge in [-0.15, -0.1) is 0 Å². The number of carbonyl (C=O) groups is 2. The largest absolute Gasteiger partial charge is 0.504 e. The minimum atomic E-state index is -0.115. The van der Waals surface area contributed by atoms with Gasteiger partial charge in [0.05, 0.1) is 23.6 Å². The van der Waals surface area contributed by atoms with E-state index in [-0.39, 0.29) is 30.6 Å². The van der Waals surface area contributed by atoms with Crippen molar-refractivity contribution in [3.05, 3.63) is 59.1 Å². The van der Waals surface area contributed by atoms with Crippen molar-refractivity contribution in [3.8, 4) is 11.5 Å². The van der Waals surface area contributed by atoms with Gasteiger partial charge >= 0.3 is 0 Å². The average Bonchev–Trinajstić information content (AvgIpc) is 2.69. The van der Waals surface area contributed by atoms with E-state index in [1.807, 2.05) is 0 Å². The minimum absolute atomic E-state index is 0.0322. The Morgan fingerprint density at radius 2 is 1.59 bits per heavy atom. The lowest BCUT2D eigenvalue weighted by Gasteiger charge is -2.35. The number of benzene rings is 2. The van der Waals surface area contributed by atoms with Gasteiger partial charge in [0.15, 0.2) is 11.5 Å². The number of carbonyl (C=O) groups excluding carboxylic acids is 2. The molecule has 0 aliphatic carbocycles. The van der Waals surface area contributed by atoms with Crippen molar-refractivity contribution < 1.29 is 19.4 Å². The van der Waals surface area contributed by atoms with Crippen LogP contribution in [0.25, 0.3) is 0 Å². The van der Waals surface area contributed by atoms with E-state index in [1.165, 1.54) is 6.07 Å². The van der Waals surface area contributed by atoms with Gasteiger partial charge in [-0.1, -0.05) is 35.9 Å². The smallest absolute Gasteiger partial charge is 0.255 e. The highest BCUT2D eigenvalue weighted by Crippen LogP contribution is 2.24. The van der Waals surface area contributed by atoms with Crippen LogP contribution in [0.3, 0.4) is 0 Å². The van der Waals surface area contributed by atoms with Crippen LogP contribution in [-0.2, 0) is 4.79 Å². The van der Waals surface area contributed by atoms with E-state index in [9.17, 15) is 14.7 Å². The van der Waals surface area contributed by atoms with Gasteiger partial charge in [0.1, 0.15) is 0 Å². The molecule has 0 saturated carbocycles. The zero-order chi connectivity index (χ0) is 19.2. The maximum Gasteiger partial charge on any atom is 0.255 e. The highest BCUT2D eigenvalue weighted by molar-refractivity contribution is 6.33. The second-order valence-corrected chi connectivity index (χ2v) is 6.63. The standard InChI is InChI=1S/C20H21ClN2O4/c21-16-6-2-1-5-15(16)20(26)23-12-10-22(11-13-23)19(25)9-14-27-18-8-4-3-7-17(18)24/h1-8,24H,9-14H2. The van der Waals surface area contributed by atoms with Gasteiger partial charge in [-0.25, -0.2) is 0 Å². The topological polar surface area (TPSA) is 70.1 Å². The summed E-state index contributed by atoms with van der Waals surface area (Å²) in [5.41, 5.74) is 0.481. The number of piperazine rings is 1. The monoisotopic (exact) mass is 388 g/mol. The molecule has 0 unspecified atom stereocenters. The molecule has 7 heteroatoms. The van der Waals surface area contributed by atoms with Crippen LogP contribution in [0.15, 0.2) is 48.5 Å². The summed E-state index contributed by atoms with van der Waals surface area (Å²) in [4.78, 5) is 28.3. The van der Waals surface area contributed by atoms with E-state index in [2.05, 4.69) is 0 Å². The Morgan fingerprint density at radius 3 is 2.30 bits per heavy atom. The first-order valence-corrected chi connectivity index (χ1v) is 9.16. The normalized spacial score (nSPS) is 14.1. The number of hydrogen-bond donors (Lipinski definition) is 1. The number of amides is 2. The molecule has 2 aromatic rings. The fraction of sp³-hybridized carbons (Fsp3) is 0.300. The number of aromatic hydroxyl groups is 1. The predicted octanol–water partition coefficient (Wildman–Crippen LogP) is 2.80. The number of ether oxygens (including phenoxy) is 1. The van der Waals surface area contributed by atoms with Gasteiger partial charge in [-0.05, 0) is 24.3 Å². The second kappa shape index (κ2) is 8.77. The van der Waals surface area contributed by atoms with E-state index in [0.717, 1.165) is 0 Å². The molecule has 2 aromatic carbocycles. The first-order chi connectivity index (χ1) is 13.1. The first-order valence-electron chi connectivity index (χ1n) is 8.78. The van der Waals surface area contributed by atoms with Crippen LogP contribution in [-0.4, -0.2) is 59.5 Å². The van der Waals surface area contributed by atoms with Gasteiger partial charge in [-0.2, -0.15) is 0 Å². The van der Waals surface area contributed by atoms with Crippen molar-refractivity contribution in [2.45, 2.75) is 6.42 Å². The quantitative estimate of drug-likeness (QED) is 0.855. The molecular weight excluding hydrogens is 368 g/mol. The zero-order valence-electron chi connectivity index (χ0n) is 14.8. The van der Waals surface area contributed by atoms with Crippen LogP contribution in [0.2, 0.25) is 5.02 Å². The van der Waals surface area contributed by atoms with Crippen LogP contribution in [0.1, 0.15) is 16.8 Å².